The fourth-order valence-corrected chi connectivity index (χ4v) is 1.80. The summed E-state index contributed by atoms with van der Waals surface area (Å²) in [5.41, 5.74) is 0.891. The minimum Gasteiger partial charge on any atom is -0.354 e. The molecule has 106 valence electrons. The molecule has 1 amide bonds. The summed E-state index contributed by atoms with van der Waals surface area (Å²) >= 11 is 0. The average Bonchev–Trinajstić information content (AvgIpc) is 2.93. The Morgan fingerprint density at radius 3 is 2.80 bits per heavy atom. The predicted octanol–water partition coefficient (Wildman–Crippen LogP) is 1.65. The van der Waals surface area contributed by atoms with Gasteiger partial charge in [-0.1, -0.05) is 50.1 Å². The molecule has 1 heterocycles. The first-order chi connectivity index (χ1) is 9.79. The number of amides is 1. The molecule has 0 aliphatic carbocycles. The first-order valence-corrected chi connectivity index (χ1v) is 6.89. The lowest BCUT2D eigenvalue weighted by molar-refractivity contribution is -0.122. The zero-order chi connectivity index (χ0) is 14.2. The van der Waals surface area contributed by atoms with Gasteiger partial charge in [0.25, 0.3) is 0 Å². The van der Waals surface area contributed by atoms with Crippen LogP contribution in [0.3, 0.4) is 0 Å². The Kier molecular flexibility index (Phi) is 5.23. The van der Waals surface area contributed by atoms with E-state index in [9.17, 15) is 4.79 Å². The highest BCUT2D eigenvalue weighted by atomic mass is 16.2. The van der Waals surface area contributed by atoms with Crippen LogP contribution in [0.1, 0.15) is 26.2 Å². The number of aromatic nitrogens is 4. The maximum Gasteiger partial charge on any atom is 0.243 e. The van der Waals surface area contributed by atoms with E-state index in [0.717, 1.165) is 24.8 Å². The number of nitrogens with zero attached hydrogens (tertiary/aromatic N) is 4. The van der Waals surface area contributed by atoms with E-state index in [0.29, 0.717) is 12.4 Å². The van der Waals surface area contributed by atoms with Gasteiger partial charge in [0, 0.05) is 12.1 Å². The summed E-state index contributed by atoms with van der Waals surface area (Å²) < 4.78 is 0. The van der Waals surface area contributed by atoms with Crippen molar-refractivity contribution in [2.45, 2.75) is 32.7 Å². The molecule has 0 radical (unpaired) electrons. The first kappa shape index (κ1) is 14.2. The molecule has 2 rings (SSSR count). The van der Waals surface area contributed by atoms with Gasteiger partial charge in [0.2, 0.25) is 11.7 Å². The Balaban J connectivity index is 1.85. The zero-order valence-electron chi connectivity index (χ0n) is 11.6. The topological polar surface area (TPSA) is 72.7 Å². The van der Waals surface area contributed by atoms with Crippen LogP contribution < -0.4 is 5.32 Å². The van der Waals surface area contributed by atoms with E-state index in [1.54, 1.807) is 0 Å². The lowest BCUT2D eigenvalue weighted by Gasteiger charge is -2.03. The molecule has 1 aromatic carbocycles. The van der Waals surface area contributed by atoms with E-state index in [2.05, 4.69) is 27.7 Å². The summed E-state index contributed by atoms with van der Waals surface area (Å²) in [5.74, 6) is 0.447. The molecule has 6 heteroatoms. The molecule has 0 fully saturated rings. The number of rotatable bonds is 7. The molecule has 0 saturated carbocycles. The highest BCUT2D eigenvalue weighted by Crippen LogP contribution is 2.11. The average molecular weight is 273 g/mol. The van der Waals surface area contributed by atoms with Gasteiger partial charge in [-0.25, -0.2) is 0 Å². The van der Waals surface area contributed by atoms with Crippen LogP contribution in [-0.4, -0.2) is 32.7 Å². The molecule has 2 aromatic rings. The van der Waals surface area contributed by atoms with Gasteiger partial charge in [-0.05, 0) is 11.6 Å². The number of unbranched alkanes of at least 4 members (excludes halogenated alkanes) is 2. The van der Waals surface area contributed by atoms with Crippen LogP contribution in [0, 0.1) is 0 Å². The largest absolute Gasteiger partial charge is 0.354 e. The Bertz CT molecular complexity index is 538. The first-order valence-electron chi connectivity index (χ1n) is 6.89. The minimum atomic E-state index is -0.0851. The van der Waals surface area contributed by atoms with Crippen LogP contribution in [0.25, 0.3) is 11.4 Å². The molecular formula is C14H19N5O. The van der Waals surface area contributed by atoms with Crippen molar-refractivity contribution in [3.05, 3.63) is 30.3 Å². The normalized spacial score (nSPS) is 10.4. The van der Waals surface area contributed by atoms with E-state index in [4.69, 9.17) is 0 Å². The fourth-order valence-electron chi connectivity index (χ4n) is 1.80. The lowest BCUT2D eigenvalue weighted by Crippen LogP contribution is -2.29. The Morgan fingerprint density at radius 2 is 2.05 bits per heavy atom. The Morgan fingerprint density at radius 1 is 1.25 bits per heavy atom. The molecular weight excluding hydrogens is 254 g/mol. The van der Waals surface area contributed by atoms with Crippen LogP contribution in [0.15, 0.2) is 30.3 Å². The van der Waals surface area contributed by atoms with E-state index >= 15 is 0 Å². The van der Waals surface area contributed by atoms with Gasteiger partial charge in [-0.15, -0.1) is 10.2 Å². The summed E-state index contributed by atoms with van der Waals surface area (Å²) in [6.45, 7) is 2.94. The van der Waals surface area contributed by atoms with Crippen molar-refractivity contribution in [3.63, 3.8) is 0 Å². The number of carbonyl (C=O) groups excluding carboxylic acids is 1. The van der Waals surface area contributed by atoms with E-state index in [-0.39, 0.29) is 12.5 Å². The van der Waals surface area contributed by atoms with Gasteiger partial charge < -0.3 is 5.32 Å². The summed E-state index contributed by atoms with van der Waals surface area (Å²) in [5, 5.41) is 14.9. The molecule has 0 bridgehead atoms. The molecule has 0 spiro atoms. The second-order valence-electron chi connectivity index (χ2n) is 4.57. The van der Waals surface area contributed by atoms with E-state index in [1.165, 1.54) is 4.80 Å². The molecule has 0 aliphatic rings. The van der Waals surface area contributed by atoms with E-state index in [1.807, 2.05) is 30.3 Å². The lowest BCUT2D eigenvalue weighted by atomic mass is 10.2. The predicted molar refractivity (Wildman–Crippen MR) is 75.8 cm³/mol. The van der Waals surface area contributed by atoms with Gasteiger partial charge >= 0.3 is 0 Å². The second-order valence-corrected chi connectivity index (χ2v) is 4.57. The van der Waals surface area contributed by atoms with Crippen LogP contribution in [0.5, 0.6) is 0 Å². The molecule has 0 atom stereocenters. The molecule has 0 unspecified atom stereocenters. The molecule has 0 aliphatic heterocycles. The highest BCUT2D eigenvalue weighted by Gasteiger charge is 2.08. The number of benzene rings is 1. The van der Waals surface area contributed by atoms with Crippen LogP contribution >= 0.6 is 0 Å². The standard InChI is InChI=1S/C14H19N5O/c1-2-3-7-10-15-13(20)11-19-17-14(16-18-19)12-8-5-4-6-9-12/h4-6,8-9H,2-3,7,10-11H2,1H3,(H,15,20). The second kappa shape index (κ2) is 7.37. The highest BCUT2D eigenvalue weighted by molar-refractivity contribution is 5.75. The van der Waals surface area contributed by atoms with Crippen molar-refractivity contribution in [1.82, 2.24) is 25.5 Å². The van der Waals surface area contributed by atoms with Gasteiger partial charge in [-0.2, -0.15) is 4.80 Å². The van der Waals surface area contributed by atoms with Gasteiger partial charge in [-0.3, -0.25) is 4.79 Å². The van der Waals surface area contributed by atoms with Crippen molar-refractivity contribution in [2.24, 2.45) is 0 Å². The van der Waals surface area contributed by atoms with Crippen LogP contribution in [0.4, 0.5) is 0 Å². The fraction of sp³-hybridized carbons (Fsp3) is 0.429. The quantitative estimate of drug-likeness (QED) is 0.778. The number of hydrogen-bond acceptors (Lipinski definition) is 4. The number of nitrogens with one attached hydrogen (secondary N) is 1. The maximum atomic E-state index is 11.7. The van der Waals surface area contributed by atoms with Crippen molar-refractivity contribution >= 4 is 5.91 Å². The zero-order valence-corrected chi connectivity index (χ0v) is 11.6. The number of carbonyl (C=O) groups is 1. The minimum absolute atomic E-state index is 0.0851. The Labute approximate surface area is 118 Å². The molecule has 1 aromatic heterocycles. The Hall–Kier alpha value is -2.24. The maximum absolute atomic E-state index is 11.7. The van der Waals surface area contributed by atoms with Gasteiger partial charge in [0.15, 0.2) is 0 Å². The van der Waals surface area contributed by atoms with Crippen molar-refractivity contribution in [1.29, 1.82) is 0 Å². The monoisotopic (exact) mass is 273 g/mol. The molecule has 0 saturated heterocycles. The third-order valence-electron chi connectivity index (χ3n) is 2.87. The van der Waals surface area contributed by atoms with Crippen LogP contribution in [0.2, 0.25) is 0 Å². The summed E-state index contributed by atoms with van der Waals surface area (Å²) in [7, 11) is 0. The summed E-state index contributed by atoms with van der Waals surface area (Å²) in [6.07, 6.45) is 3.27. The van der Waals surface area contributed by atoms with Crippen LogP contribution in [-0.2, 0) is 11.3 Å². The number of hydrogen-bond donors (Lipinski definition) is 1. The molecule has 20 heavy (non-hydrogen) atoms. The third-order valence-corrected chi connectivity index (χ3v) is 2.87. The summed E-state index contributed by atoms with van der Waals surface area (Å²) in [6, 6.07) is 9.57. The third kappa shape index (κ3) is 4.15. The molecule has 1 N–H and O–H groups in total. The van der Waals surface area contributed by atoms with Gasteiger partial charge in [0.1, 0.15) is 6.54 Å². The van der Waals surface area contributed by atoms with E-state index < -0.39 is 0 Å². The van der Waals surface area contributed by atoms with Crippen molar-refractivity contribution in [3.8, 4) is 11.4 Å². The smallest absolute Gasteiger partial charge is 0.243 e. The van der Waals surface area contributed by atoms with Crippen molar-refractivity contribution in [2.75, 3.05) is 6.54 Å². The SMILES string of the molecule is CCCCCNC(=O)Cn1nnc(-c2ccccc2)n1. The summed E-state index contributed by atoms with van der Waals surface area (Å²) in [4.78, 5) is 13.0. The van der Waals surface area contributed by atoms with Crippen molar-refractivity contribution < 1.29 is 4.79 Å². The van der Waals surface area contributed by atoms with Gasteiger partial charge in [0.05, 0.1) is 0 Å². The number of tetrazole rings is 1. The molecule has 6 nitrogen and oxygen atoms in total.